The van der Waals surface area contributed by atoms with Gasteiger partial charge in [-0.2, -0.15) is 0 Å². The molecule has 0 aliphatic heterocycles. The number of aryl methyl sites for hydroxylation is 2. The molecular formula is C28H20FN2O+. The molecule has 3 nitrogen and oxygen atoms in total. The summed E-state index contributed by atoms with van der Waals surface area (Å²) in [7, 11) is 3.79. The van der Waals surface area contributed by atoms with Crippen LogP contribution in [0.3, 0.4) is 0 Å². The zero-order valence-electron chi connectivity index (χ0n) is 18.0. The van der Waals surface area contributed by atoms with Gasteiger partial charge in [0, 0.05) is 22.2 Å². The molecule has 0 spiro atoms. The van der Waals surface area contributed by atoms with Crippen LogP contribution in [-0.2, 0) is 7.05 Å². The summed E-state index contributed by atoms with van der Waals surface area (Å²) in [6.07, 6.45) is 2.02. The summed E-state index contributed by atoms with van der Waals surface area (Å²) in [5, 5.41) is 6.93. The first-order chi connectivity index (χ1) is 15.6. The Morgan fingerprint density at radius 3 is 2.34 bits per heavy atom. The standard InChI is InChI=1S/C28H20FN2O/c1-15-17-8-4-5-9-18(17)28(32-3)27-22(15)25-23-16(12-13-30(25)2)14-20(29)24-19-10-6-7-11-21(19)31(27)26(23)24/h4-14H,1-3H3/q+1. The Labute approximate surface area is 183 Å². The number of nitrogens with zero attached hydrogens (tertiary/aromatic N) is 2. The predicted molar refractivity (Wildman–Crippen MR) is 129 cm³/mol. The third-order valence-electron chi connectivity index (χ3n) is 7.06. The van der Waals surface area contributed by atoms with Gasteiger partial charge in [0.2, 0.25) is 5.52 Å². The molecule has 0 bridgehead atoms. The van der Waals surface area contributed by atoms with Crippen LogP contribution in [-0.4, -0.2) is 11.5 Å². The third kappa shape index (κ3) is 1.89. The Hall–Kier alpha value is -3.92. The van der Waals surface area contributed by atoms with E-state index in [0.29, 0.717) is 5.39 Å². The quantitative estimate of drug-likeness (QED) is 0.170. The lowest BCUT2D eigenvalue weighted by atomic mass is 9.95. The topological polar surface area (TPSA) is 17.5 Å². The molecule has 0 N–H and O–H groups in total. The number of para-hydroxylation sites is 1. The van der Waals surface area contributed by atoms with Crippen LogP contribution in [0.25, 0.3) is 59.8 Å². The predicted octanol–water partition coefficient (Wildman–Crippen LogP) is 6.42. The summed E-state index contributed by atoms with van der Waals surface area (Å²) >= 11 is 0. The number of pyridine rings is 2. The maximum absolute atomic E-state index is 15.6. The molecule has 0 aliphatic rings. The highest BCUT2D eigenvalue weighted by Gasteiger charge is 2.28. The van der Waals surface area contributed by atoms with Gasteiger partial charge < -0.3 is 9.14 Å². The summed E-state index contributed by atoms with van der Waals surface area (Å²) in [4.78, 5) is 0. The molecule has 4 aromatic carbocycles. The second-order valence-electron chi connectivity index (χ2n) is 8.60. The number of halogens is 1. The minimum Gasteiger partial charge on any atom is -0.494 e. The van der Waals surface area contributed by atoms with Gasteiger partial charge in [-0.25, -0.2) is 8.96 Å². The van der Waals surface area contributed by atoms with Crippen molar-refractivity contribution in [3.8, 4) is 5.75 Å². The molecular weight excluding hydrogens is 399 g/mol. The summed E-state index contributed by atoms with van der Waals surface area (Å²) in [5.41, 5.74) is 5.17. The van der Waals surface area contributed by atoms with Crippen molar-refractivity contribution in [3.63, 3.8) is 0 Å². The largest absolute Gasteiger partial charge is 0.494 e. The van der Waals surface area contributed by atoms with Gasteiger partial charge in [0.05, 0.1) is 28.9 Å². The molecule has 7 rings (SSSR count). The fraction of sp³-hybridized carbons (Fsp3) is 0.107. The molecule has 32 heavy (non-hydrogen) atoms. The van der Waals surface area contributed by atoms with Crippen molar-refractivity contribution in [2.75, 3.05) is 7.11 Å². The van der Waals surface area contributed by atoms with Crippen molar-refractivity contribution in [3.05, 3.63) is 78.2 Å². The average molecular weight is 419 g/mol. The Kier molecular flexibility index (Phi) is 3.24. The van der Waals surface area contributed by atoms with E-state index in [1.165, 1.54) is 10.9 Å². The van der Waals surface area contributed by atoms with Gasteiger partial charge in [0.15, 0.2) is 11.9 Å². The van der Waals surface area contributed by atoms with Crippen LogP contribution in [0.2, 0.25) is 0 Å². The van der Waals surface area contributed by atoms with E-state index in [4.69, 9.17) is 4.74 Å². The van der Waals surface area contributed by atoms with E-state index in [1.54, 1.807) is 13.2 Å². The van der Waals surface area contributed by atoms with E-state index in [0.717, 1.165) is 54.7 Å². The van der Waals surface area contributed by atoms with E-state index >= 15 is 4.39 Å². The van der Waals surface area contributed by atoms with Gasteiger partial charge in [-0.1, -0.05) is 42.5 Å². The van der Waals surface area contributed by atoms with Crippen LogP contribution in [0.15, 0.2) is 66.9 Å². The first-order valence-corrected chi connectivity index (χ1v) is 10.8. The lowest BCUT2D eigenvalue weighted by molar-refractivity contribution is -0.643. The lowest BCUT2D eigenvalue weighted by Gasteiger charge is -2.18. The van der Waals surface area contributed by atoms with Gasteiger partial charge in [0.25, 0.3) is 0 Å². The maximum Gasteiger partial charge on any atom is 0.224 e. The van der Waals surface area contributed by atoms with Crippen molar-refractivity contribution in [2.24, 2.45) is 7.05 Å². The minimum absolute atomic E-state index is 0.192. The van der Waals surface area contributed by atoms with Gasteiger partial charge >= 0.3 is 0 Å². The SMILES string of the molecule is COc1c2ccccc2c(C)c2c1n1c3ccccc3c3c(F)cc4cc[n+](C)c2c4c31. The molecule has 0 unspecified atom stereocenters. The molecule has 0 saturated carbocycles. The summed E-state index contributed by atoms with van der Waals surface area (Å²) in [6.45, 7) is 2.18. The van der Waals surface area contributed by atoms with Crippen LogP contribution in [0.1, 0.15) is 5.56 Å². The number of ether oxygens (including phenoxy) is 1. The van der Waals surface area contributed by atoms with Crippen LogP contribution < -0.4 is 9.30 Å². The molecule has 154 valence electrons. The molecule has 0 fully saturated rings. The van der Waals surface area contributed by atoms with Gasteiger partial charge in [0.1, 0.15) is 18.4 Å². The normalized spacial score (nSPS) is 12.4. The van der Waals surface area contributed by atoms with E-state index in [1.807, 2.05) is 36.5 Å². The van der Waals surface area contributed by atoms with E-state index in [9.17, 15) is 0 Å². The summed E-state index contributed by atoms with van der Waals surface area (Å²) in [6, 6.07) is 20.1. The monoisotopic (exact) mass is 419 g/mol. The minimum atomic E-state index is -0.192. The van der Waals surface area contributed by atoms with Crippen molar-refractivity contribution in [2.45, 2.75) is 6.92 Å². The smallest absolute Gasteiger partial charge is 0.224 e. The van der Waals surface area contributed by atoms with Crippen molar-refractivity contribution >= 4 is 59.8 Å². The number of hydrogen-bond acceptors (Lipinski definition) is 1. The molecule has 4 heteroatoms. The number of methoxy groups -OCH3 is 1. The van der Waals surface area contributed by atoms with E-state index in [-0.39, 0.29) is 5.82 Å². The Bertz CT molecular complexity index is 1900. The van der Waals surface area contributed by atoms with Gasteiger partial charge in [-0.3, -0.25) is 0 Å². The second kappa shape index (κ2) is 5.86. The van der Waals surface area contributed by atoms with E-state index in [2.05, 4.69) is 47.2 Å². The van der Waals surface area contributed by atoms with Gasteiger partial charge in [-0.15, -0.1) is 0 Å². The van der Waals surface area contributed by atoms with Crippen molar-refractivity contribution < 1.29 is 13.7 Å². The fourth-order valence-electron chi connectivity index (χ4n) is 5.76. The number of fused-ring (bicyclic) bond motifs is 7. The maximum atomic E-state index is 15.6. The summed E-state index contributed by atoms with van der Waals surface area (Å²) < 4.78 is 26.0. The third-order valence-corrected chi connectivity index (χ3v) is 7.06. The lowest BCUT2D eigenvalue weighted by Crippen LogP contribution is -2.29. The Balaban J connectivity index is 2.02. The molecule has 0 radical (unpaired) electrons. The van der Waals surface area contributed by atoms with Gasteiger partial charge in [-0.05, 0) is 35.4 Å². The fourth-order valence-corrected chi connectivity index (χ4v) is 5.76. The van der Waals surface area contributed by atoms with Crippen LogP contribution in [0.4, 0.5) is 4.39 Å². The molecule has 3 heterocycles. The number of benzene rings is 4. The molecule has 0 aliphatic carbocycles. The molecule has 7 aromatic rings. The first kappa shape index (κ1) is 17.7. The number of hydrogen-bond donors (Lipinski definition) is 0. The van der Waals surface area contributed by atoms with Crippen molar-refractivity contribution in [1.82, 2.24) is 4.40 Å². The highest BCUT2D eigenvalue weighted by molar-refractivity contribution is 6.29. The highest BCUT2D eigenvalue weighted by atomic mass is 19.1. The second-order valence-corrected chi connectivity index (χ2v) is 8.60. The zero-order valence-corrected chi connectivity index (χ0v) is 18.0. The van der Waals surface area contributed by atoms with Crippen molar-refractivity contribution in [1.29, 1.82) is 0 Å². The number of rotatable bonds is 1. The van der Waals surface area contributed by atoms with Crippen LogP contribution >= 0.6 is 0 Å². The van der Waals surface area contributed by atoms with Crippen LogP contribution in [0.5, 0.6) is 5.75 Å². The highest BCUT2D eigenvalue weighted by Crippen LogP contribution is 2.46. The zero-order chi connectivity index (χ0) is 21.7. The number of aromatic nitrogens is 2. The van der Waals surface area contributed by atoms with E-state index < -0.39 is 0 Å². The average Bonchev–Trinajstić information content (AvgIpc) is 3.16. The molecule has 0 amide bonds. The first-order valence-electron chi connectivity index (χ1n) is 10.8. The summed E-state index contributed by atoms with van der Waals surface area (Å²) in [5.74, 6) is 0.623. The molecule has 0 atom stereocenters. The Morgan fingerprint density at radius 2 is 1.56 bits per heavy atom. The van der Waals surface area contributed by atoms with Crippen LogP contribution in [0, 0.1) is 12.7 Å². The molecule has 0 saturated heterocycles. The molecule has 3 aromatic heterocycles. The Morgan fingerprint density at radius 1 is 0.844 bits per heavy atom.